The van der Waals surface area contributed by atoms with Crippen molar-refractivity contribution in [2.24, 2.45) is 0 Å². The van der Waals surface area contributed by atoms with Gasteiger partial charge in [0.2, 0.25) is 0 Å². The van der Waals surface area contributed by atoms with E-state index in [1.54, 1.807) is 24.3 Å². The largest absolute Gasteiger partial charge is 0.461 e. The van der Waals surface area contributed by atoms with Gasteiger partial charge < -0.3 is 4.74 Å². The van der Waals surface area contributed by atoms with Crippen LogP contribution in [0.15, 0.2) is 59.5 Å². The Morgan fingerprint density at radius 3 is 2.19 bits per heavy atom. The van der Waals surface area contributed by atoms with E-state index in [9.17, 15) is 13.6 Å². The van der Waals surface area contributed by atoms with Crippen molar-refractivity contribution in [3.05, 3.63) is 54.6 Å². The fourth-order valence-electron chi connectivity index (χ4n) is 1.75. The van der Waals surface area contributed by atoms with Crippen molar-refractivity contribution in [1.82, 2.24) is 0 Å². The number of hydrogen-bond donors (Lipinski definition) is 0. The summed E-state index contributed by atoms with van der Waals surface area (Å²) in [4.78, 5) is 11.5. The van der Waals surface area contributed by atoms with Crippen LogP contribution in [0.5, 0.6) is 0 Å². The Kier molecular flexibility index (Phi) is 4.96. The Morgan fingerprint density at radius 2 is 1.62 bits per heavy atom. The molecule has 2 aromatic carbocycles. The van der Waals surface area contributed by atoms with Crippen LogP contribution < -0.4 is 0 Å². The van der Waals surface area contributed by atoms with Crippen LogP contribution in [0.4, 0.5) is 8.78 Å². The van der Waals surface area contributed by atoms with Gasteiger partial charge in [-0.15, -0.1) is 0 Å². The highest BCUT2D eigenvalue weighted by atomic mass is 32.2. The summed E-state index contributed by atoms with van der Waals surface area (Å²) < 4.78 is 31.6. The summed E-state index contributed by atoms with van der Waals surface area (Å²) in [7, 11) is 0. The second kappa shape index (κ2) is 6.72. The highest BCUT2D eigenvalue weighted by Gasteiger charge is 2.41. The van der Waals surface area contributed by atoms with Gasteiger partial charge in [-0.2, -0.15) is 8.78 Å². The number of alkyl halides is 2. The number of carbonyl (C=O) groups excluding carboxylic acids is 1. The maximum atomic E-state index is 13.6. The smallest absolute Gasteiger partial charge is 0.393 e. The molecule has 0 saturated carbocycles. The minimum absolute atomic E-state index is 0.0675. The number of carbonyl (C=O) groups is 1. The molecular weight excluding hydrogens is 294 g/mol. The first-order valence-corrected chi connectivity index (χ1v) is 7.24. The zero-order valence-corrected chi connectivity index (χ0v) is 12.2. The van der Waals surface area contributed by atoms with E-state index in [0.717, 1.165) is 11.1 Å². The number of ether oxygens (including phenoxy) is 1. The van der Waals surface area contributed by atoms with Crippen molar-refractivity contribution in [3.8, 4) is 11.1 Å². The van der Waals surface area contributed by atoms with Crippen molar-refractivity contribution in [1.29, 1.82) is 0 Å². The molecule has 0 bridgehead atoms. The Balaban J connectivity index is 2.11. The molecule has 0 unspecified atom stereocenters. The van der Waals surface area contributed by atoms with E-state index in [2.05, 4.69) is 4.74 Å². The minimum Gasteiger partial charge on any atom is -0.461 e. The summed E-state index contributed by atoms with van der Waals surface area (Å²) in [6.45, 7) is 1.43. The van der Waals surface area contributed by atoms with Crippen LogP contribution >= 0.6 is 11.8 Å². The Bertz CT molecular complexity index is 597. The predicted octanol–water partition coefficient (Wildman–Crippen LogP) is 4.60. The van der Waals surface area contributed by atoms with Gasteiger partial charge in [0.25, 0.3) is 0 Å². The lowest BCUT2D eigenvalue weighted by Gasteiger charge is -2.14. The highest BCUT2D eigenvalue weighted by Crippen LogP contribution is 2.37. The van der Waals surface area contributed by atoms with E-state index in [4.69, 9.17) is 0 Å². The molecule has 0 radical (unpaired) electrons. The van der Waals surface area contributed by atoms with Crippen molar-refractivity contribution in [2.75, 3.05) is 6.61 Å². The van der Waals surface area contributed by atoms with Crippen molar-refractivity contribution >= 4 is 17.7 Å². The summed E-state index contributed by atoms with van der Waals surface area (Å²) in [5, 5.41) is -3.58. The third kappa shape index (κ3) is 4.04. The van der Waals surface area contributed by atoms with Gasteiger partial charge in [0.15, 0.2) is 0 Å². The lowest BCUT2D eigenvalue weighted by Crippen LogP contribution is -2.26. The lowest BCUT2D eigenvalue weighted by molar-refractivity contribution is -0.159. The second-order valence-electron chi connectivity index (χ2n) is 4.23. The van der Waals surface area contributed by atoms with Gasteiger partial charge in [0.1, 0.15) is 0 Å². The molecule has 0 spiro atoms. The molecule has 0 aromatic heterocycles. The zero-order valence-electron chi connectivity index (χ0n) is 11.4. The van der Waals surface area contributed by atoms with Crippen LogP contribution in [0.3, 0.4) is 0 Å². The zero-order chi connectivity index (χ0) is 15.3. The first-order chi connectivity index (χ1) is 10.0. The molecule has 2 nitrogen and oxygen atoms in total. The van der Waals surface area contributed by atoms with E-state index >= 15 is 0 Å². The number of benzene rings is 2. The first-order valence-electron chi connectivity index (χ1n) is 6.42. The van der Waals surface area contributed by atoms with Crippen LogP contribution in [0.25, 0.3) is 11.1 Å². The molecule has 0 aliphatic heterocycles. The van der Waals surface area contributed by atoms with E-state index in [1.807, 2.05) is 30.3 Å². The molecule has 0 saturated heterocycles. The molecule has 0 aliphatic carbocycles. The molecule has 5 heteroatoms. The Morgan fingerprint density at radius 1 is 1.05 bits per heavy atom. The molecule has 0 amide bonds. The predicted molar refractivity (Wildman–Crippen MR) is 79.3 cm³/mol. The molecule has 2 aromatic rings. The number of hydrogen-bond acceptors (Lipinski definition) is 3. The summed E-state index contributed by atoms with van der Waals surface area (Å²) in [6.07, 6.45) is 0. The molecule has 2 rings (SSSR count). The van der Waals surface area contributed by atoms with E-state index in [1.165, 1.54) is 6.92 Å². The molecule has 0 heterocycles. The minimum atomic E-state index is -3.58. The molecule has 0 fully saturated rings. The summed E-state index contributed by atoms with van der Waals surface area (Å²) in [5.41, 5.74) is 1.94. The highest BCUT2D eigenvalue weighted by molar-refractivity contribution is 8.01. The van der Waals surface area contributed by atoms with Crippen molar-refractivity contribution < 1.29 is 18.3 Å². The fraction of sp³-hybridized carbons (Fsp3) is 0.188. The first kappa shape index (κ1) is 15.5. The molecular formula is C16H14F2O2S. The number of thioether (sulfide) groups is 1. The summed E-state index contributed by atoms with van der Waals surface area (Å²) in [6, 6.07) is 16.2. The Hall–Kier alpha value is -1.88. The number of halogens is 2. The van der Waals surface area contributed by atoms with Crippen LogP contribution in [-0.2, 0) is 9.53 Å². The Labute approximate surface area is 126 Å². The van der Waals surface area contributed by atoms with Gasteiger partial charge in [-0.05, 0) is 41.9 Å². The molecule has 21 heavy (non-hydrogen) atoms. The van der Waals surface area contributed by atoms with Gasteiger partial charge >= 0.3 is 11.2 Å². The monoisotopic (exact) mass is 308 g/mol. The number of esters is 1. The van der Waals surface area contributed by atoms with Gasteiger partial charge in [0.05, 0.1) is 6.61 Å². The third-order valence-corrected chi connectivity index (χ3v) is 3.65. The maximum Gasteiger partial charge on any atom is 0.393 e. The normalized spacial score (nSPS) is 11.2. The van der Waals surface area contributed by atoms with Gasteiger partial charge in [-0.3, -0.25) is 0 Å². The molecule has 0 atom stereocenters. The van der Waals surface area contributed by atoms with Crippen LogP contribution in [-0.4, -0.2) is 17.8 Å². The van der Waals surface area contributed by atoms with Gasteiger partial charge in [-0.1, -0.05) is 42.5 Å². The quantitative estimate of drug-likeness (QED) is 0.596. The average molecular weight is 308 g/mol. The summed E-state index contributed by atoms with van der Waals surface area (Å²) in [5.74, 6) is -1.51. The average Bonchev–Trinajstić information content (AvgIpc) is 2.49. The second-order valence-corrected chi connectivity index (χ2v) is 5.42. The molecule has 0 N–H and O–H groups in total. The van der Waals surface area contributed by atoms with Crippen molar-refractivity contribution in [2.45, 2.75) is 17.1 Å². The van der Waals surface area contributed by atoms with Crippen LogP contribution in [0, 0.1) is 0 Å². The van der Waals surface area contributed by atoms with Gasteiger partial charge in [-0.25, -0.2) is 4.79 Å². The number of rotatable bonds is 5. The topological polar surface area (TPSA) is 26.3 Å². The van der Waals surface area contributed by atoms with Crippen LogP contribution in [0.2, 0.25) is 0 Å². The lowest BCUT2D eigenvalue weighted by atomic mass is 10.1. The molecule has 110 valence electrons. The van der Waals surface area contributed by atoms with Gasteiger partial charge in [0, 0.05) is 4.90 Å². The maximum absolute atomic E-state index is 13.6. The summed E-state index contributed by atoms with van der Waals surface area (Å²) >= 11 is 0.190. The van der Waals surface area contributed by atoms with E-state index in [0.29, 0.717) is 4.90 Å². The standard InChI is InChI=1S/C16H14F2O2S/c1-2-20-15(19)16(17,18)21-14-10-8-13(9-11-14)12-6-4-3-5-7-12/h3-11H,2H2,1H3. The SMILES string of the molecule is CCOC(=O)C(F)(F)Sc1ccc(-c2ccccc2)cc1. The van der Waals surface area contributed by atoms with E-state index < -0.39 is 11.2 Å². The fourth-order valence-corrected chi connectivity index (χ4v) is 2.46. The van der Waals surface area contributed by atoms with E-state index in [-0.39, 0.29) is 18.4 Å². The molecule has 0 aliphatic rings. The van der Waals surface area contributed by atoms with Crippen molar-refractivity contribution in [3.63, 3.8) is 0 Å². The van der Waals surface area contributed by atoms with Crippen LogP contribution in [0.1, 0.15) is 6.92 Å². The third-order valence-electron chi connectivity index (χ3n) is 2.72.